The molecule has 0 aromatic rings. The zero-order chi connectivity index (χ0) is 69.1. The number of aliphatic carboxylic acids is 4. The van der Waals surface area contributed by atoms with Crippen molar-refractivity contribution in [2.24, 2.45) is 65.8 Å². The highest BCUT2D eigenvalue weighted by molar-refractivity contribution is 5.85. The first kappa shape index (κ1) is 88.0. The Balaban J connectivity index is -0.000000548. The van der Waals surface area contributed by atoms with Gasteiger partial charge in [-0.25, -0.2) is 19.2 Å². The van der Waals surface area contributed by atoms with Crippen molar-refractivity contribution < 1.29 is 73.8 Å². The smallest absolute Gasteiger partial charge is 0.326 e. The van der Waals surface area contributed by atoms with E-state index in [9.17, 15) is 43.2 Å². The third-order valence-corrected chi connectivity index (χ3v) is 12.7. The Morgan fingerprint density at radius 1 is 0.322 bits per heavy atom. The number of carboxylic acid groups (broad SMARTS) is 4. The molecule has 518 valence electrons. The van der Waals surface area contributed by atoms with E-state index in [2.05, 4.69) is 61.3 Å². The molecule has 0 saturated carbocycles. The highest BCUT2D eigenvalue weighted by atomic mass is 16.4. The number of allylic oxidation sites excluding steroid dienone is 2. The zero-order valence-electron chi connectivity index (χ0n) is 53.4. The van der Waals surface area contributed by atoms with Crippen LogP contribution >= 0.6 is 0 Å². The number of nitrogens with zero attached hydrogens (tertiary/aromatic N) is 4. The van der Waals surface area contributed by atoms with Gasteiger partial charge in [-0.1, -0.05) is 84.3 Å². The number of carbonyl (C=O) groups is 9. The van der Waals surface area contributed by atoms with Gasteiger partial charge >= 0.3 is 23.9 Å². The average molecular weight is 1290 g/mol. The summed E-state index contributed by atoms with van der Waals surface area (Å²) in [4.78, 5) is 117. The minimum Gasteiger partial charge on any atom is -0.513 e. The quantitative estimate of drug-likeness (QED) is 0.0179. The van der Waals surface area contributed by atoms with E-state index >= 15 is 0 Å². The van der Waals surface area contributed by atoms with Crippen molar-refractivity contribution in [3.05, 3.63) is 24.7 Å². The van der Waals surface area contributed by atoms with Crippen LogP contribution in [0.15, 0.2) is 44.6 Å². The molecule has 0 aromatic carbocycles. The van der Waals surface area contributed by atoms with E-state index in [1.807, 2.05) is 0 Å². The van der Waals surface area contributed by atoms with Gasteiger partial charge in [0, 0.05) is 71.1 Å². The number of amides is 4. The highest BCUT2D eigenvalue weighted by Gasteiger charge is 2.22. The van der Waals surface area contributed by atoms with Crippen LogP contribution in [0.25, 0.3) is 0 Å². The third-order valence-electron chi connectivity index (χ3n) is 12.7. The van der Waals surface area contributed by atoms with Crippen molar-refractivity contribution in [2.45, 2.75) is 243 Å². The van der Waals surface area contributed by atoms with Crippen LogP contribution in [0.3, 0.4) is 0 Å². The molecule has 0 spiro atoms. The Labute approximate surface area is 530 Å². The van der Waals surface area contributed by atoms with E-state index in [1.165, 1.54) is 6.42 Å². The number of aliphatic hydroxyl groups is 2. The van der Waals surface area contributed by atoms with Gasteiger partial charge in [0.2, 0.25) is 23.6 Å². The van der Waals surface area contributed by atoms with Crippen LogP contribution in [0.2, 0.25) is 0 Å². The number of ketones is 1. The lowest BCUT2D eigenvalue weighted by Gasteiger charge is -2.14. The number of rotatable bonds is 51. The summed E-state index contributed by atoms with van der Waals surface area (Å²) in [5.41, 5.74) is 41.4. The van der Waals surface area contributed by atoms with Gasteiger partial charge in [-0.3, -0.25) is 39.1 Å². The van der Waals surface area contributed by atoms with Crippen LogP contribution < -0.4 is 67.1 Å². The molecule has 0 aliphatic carbocycles. The second-order valence-electron chi connectivity index (χ2n) is 21.4. The average Bonchev–Trinajstić information content (AvgIpc) is 3.68. The van der Waals surface area contributed by atoms with E-state index < -0.39 is 48.0 Å². The van der Waals surface area contributed by atoms with Crippen LogP contribution in [-0.4, -0.2) is 158 Å². The summed E-state index contributed by atoms with van der Waals surface area (Å²) in [6, 6.07) is -3.64. The van der Waals surface area contributed by atoms with Crippen LogP contribution in [-0.2, 0) is 43.2 Å². The van der Waals surface area contributed by atoms with Gasteiger partial charge in [-0.15, -0.1) is 0 Å². The number of carboxylic acids is 4. The van der Waals surface area contributed by atoms with Gasteiger partial charge in [0.25, 0.3) is 0 Å². The maximum absolute atomic E-state index is 11.8. The van der Waals surface area contributed by atoms with Crippen molar-refractivity contribution in [3.8, 4) is 0 Å². The van der Waals surface area contributed by atoms with Crippen molar-refractivity contribution >= 4 is 77.1 Å². The van der Waals surface area contributed by atoms with Crippen molar-refractivity contribution in [1.29, 1.82) is 0 Å². The minimum absolute atomic E-state index is 0.0158. The van der Waals surface area contributed by atoms with Gasteiger partial charge in [-0.2, -0.15) is 0 Å². The highest BCUT2D eigenvalue weighted by Crippen LogP contribution is 2.12. The number of nitrogens with one attached hydrogen (secondary N) is 4. The van der Waals surface area contributed by atoms with Crippen molar-refractivity contribution in [2.75, 3.05) is 26.2 Å². The molecule has 31 heteroatoms. The first-order valence-corrected chi connectivity index (χ1v) is 31.0. The molecule has 0 unspecified atom stereocenters. The Morgan fingerprint density at radius 3 is 0.722 bits per heavy atom. The molecule has 4 amide bonds. The maximum atomic E-state index is 11.8. The molecule has 0 rings (SSSR count). The molecule has 0 aromatic heterocycles. The Hall–Kier alpha value is -8.41. The molecule has 0 bridgehead atoms. The summed E-state index contributed by atoms with van der Waals surface area (Å²) in [6.07, 6.45) is 21.1. The van der Waals surface area contributed by atoms with Crippen molar-refractivity contribution in [1.82, 2.24) is 21.3 Å². The topological polar surface area (TPSA) is 581 Å². The number of hydrogen-bond acceptors (Lipinski definition) is 15. The normalized spacial score (nSPS) is 11.5. The summed E-state index contributed by atoms with van der Waals surface area (Å²) in [6.45, 7) is 11.9. The first-order valence-electron chi connectivity index (χ1n) is 31.0. The number of aliphatic imine (C=N–C) groups is 4. The predicted octanol–water partition coefficient (Wildman–Crippen LogP) is 3.55. The largest absolute Gasteiger partial charge is 0.513 e. The number of nitrogens with two attached hydrogens (primary N) is 8. The van der Waals surface area contributed by atoms with E-state index in [0.29, 0.717) is 110 Å². The maximum Gasteiger partial charge on any atom is 0.326 e. The van der Waals surface area contributed by atoms with Gasteiger partial charge in [0.15, 0.2) is 23.8 Å². The molecule has 4 atom stereocenters. The summed E-state index contributed by atoms with van der Waals surface area (Å²) in [5.74, 6) is -4.87. The molecule has 0 fully saturated rings. The fourth-order valence-electron chi connectivity index (χ4n) is 7.95. The number of guanidine groups is 4. The van der Waals surface area contributed by atoms with Crippen LogP contribution in [0.1, 0.15) is 219 Å². The summed E-state index contributed by atoms with van der Waals surface area (Å²) >= 11 is 0. The summed E-state index contributed by atoms with van der Waals surface area (Å²) in [5, 5.41) is 64.3. The van der Waals surface area contributed by atoms with Gasteiger partial charge < -0.3 is 103 Å². The molecule has 26 N–H and O–H groups in total. The lowest BCUT2D eigenvalue weighted by molar-refractivity contribution is -0.142. The Kier molecular flexibility index (Phi) is 58.2. The van der Waals surface area contributed by atoms with Gasteiger partial charge in [0.1, 0.15) is 30.0 Å². The number of hydrogen-bond donors (Lipinski definition) is 18. The van der Waals surface area contributed by atoms with Crippen molar-refractivity contribution in [3.63, 3.8) is 0 Å². The minimum atomic E-state index is -1.07. The van der Waals surface area contributed by atoms with E-state index in [1.54, 1.807) is 6.92 Å². The molecule has 0 saturated heterocycles. The lowest BCUT2D eigenvalue weighted by Crippen LogP contribution is -2.40. The monoisotopic (exact) mass is 1280 g/mol. The molecule has 0 radical (unpaired) electrons. The molecular weight excluding hydrogens is 1170 g/mol. The predicted molar refractivity (Wildman–Crippen MR) is 349 cm³/mol. The fourth-order valence-corrected chi connectivity index (χ4v) is 7.95. The number of carbonyl (C=O) groups excluding carboxylic acids is 5. The van der Waals surface area contributed by atoms with E-state index in [4.69, 9.17) is 76.5 Å². The number of aliphatic hydroxyl groups excluding tert-OH is 2. The molecule has 0 aliphatic heterocycles. The molecular formula is C59H112N16O15. The third kappa shape index (κ3) is 67.1. The second-order valence-corrected chi connectivity index (χ2v) is 21.4. The van der Waals surface area contributed by atoms with Crippen LogP contribution in [0.4, 0.5) is 0 Å². The standard InChI is InChI=1S/C16H30N4O4.C15H28N4O4.C14H26N4O4.C14H28N4O3/c1-12(21)8-5-3-2-4-6-10-14(22)20-13(15(23)24)9-7-11-19-16(17)18;1-11(20)7-4-2-3-5-9-13(21)19-12(14(22)23)8-6-10-18-15(16)17;1-10(19)6-3-2-4-8-12(20)18-11(13(21)22)7-5-9-17-14(15)16;1-2-3-4-5-6-9-12(19)18-11(13(20)21)8-7-10-17-14(15)16/h13,21H,1-11H2,(H,20,22)(H,23,24)(H4,17,18,19);12H,2-10H2,1H3,(H,19,21)(H,22,23)(H4,16,17,18);11,19H,1-9H2,(H,18,20)(H,21,22)(H4,15,16,17);11H,2-10H2,1H3,(H,18,19)(H,20,21)(H4,15,16,17)/t13-;12-;2*11-/m0000/s1. The molecule has 0 aliphatic rings. The zero-order valence-corrected chi connectivity index (χ0v) is 53.4. The number of Topliss-reactive ketones (excluding diaryl/α,β-unsaturated/α-hetero) is 1. The first-order chi connectivity index (χ1) is 42.4. The van der Waals surface area contributed by atoms with Crippen LogP contribution in [0, 0.1) is 0 Å². The summed E-state index contributed by atoms with van der Waals surface area (Å²) in [7, 11) is 0. The molecule has 31 nitrogen and oxygen atoms in total. The molecule has 0 heterocycles. The fraction of sp³-hybridized carbons (Fsp3) is 0.712. The van der Waals surface area contributed by atoms with E-state index in [-0.39, 0.29) is 96.9 Å². The lowest BCUT2D eigenvalue weighted by atomic mass is 10.1. The van der Waals surface area contributed by atoms with Gasteiger partial charge in [-0.05, 0) is 103 Å². The molecule has 90 heavy (non-hydrogen) atoms. The summed E-state index contributed by atoms with van der Waals surface area (Å²) < 4.78 is 0. The SMILES string of the molecule is C=C(O)CCCCCC(=O)N[C@@H](CCCN=C(N)N)C(=O)O.C=C(O)CCCCCCCC(=O)N[C@@H](CCCN=C(N)N)C(=O)O.CC(=O)CCCCCCC(=O)N[C@@H](CCCN=C(N)N)C(=O)O.CCCCCCCC(=O)N[C@@H](CCCN=C(N)N)C(=O)O. The van der Waals surface area contributed by atoms with Crippen LogP contribution in [0.5, 0.6) is 0 Å². The number of unbranched alkanes of at least 4 members (excludes halogenated alkanes) is 13. The Morgan fingerprint density at radius 2 is 0.522 bits per heavy atom. The van der Waals surface area contributed by atoms with E-state index in [0.717, 1.165) is 83.5 Å². The Bertz CT molecular complexity index is 2200. The van der Waals surface area contributed by atoms with Gasteiger partial charge in [0.05, 0.1) is 11.5 Å². The second kappa shape index (κ2) is 59.5.